The zero-order valence-electron chi connectivity index (χ0n) is 10.9. The molecular weight excluding hydrogens is 244 g/mol. The summed E-state index contributed by atoms with van der Waals surface area (Å²) < 4.78 is 6.99. The molecule has 1 aromatic carbocycles. The second-order valence-corrected chi connectivity index (χ2v) is 5.15. The van der Waals surface area contributed by atoms with Crippen molar-refractivity contribution in [3.63, 3.8) is 0 Å². The van der Waals surface area contributed by atoms with E-state index in [-0.39, 0.29) is 17.8 Å². The number of aliphatic hydroxyl groups excluding tert-OH is 1. The third-order valence-electron chi connectivity index (χ3n) is 3.96. The lowest BCUT2D eigenvalue weighted by molar-refractivity contribution is 0.111. The molecule has 5 nitrogen and oxygen atoms in total. The van der Waals surface area contributed by atoms with Gasteiger partial charge in [0.25, 0.3) is 0 Å². The van der Waals surface area contributed by atoms with Gasteiger partial charge in [-0.1, -0.05) is 0 Å². The van der Waals surface area contributed by atoms with Gasteiger partial charge in [-0.25, -0.2) is 4.79 Å². The highest BCUT2D eigenvalue weighted by atomic mass is 16.5. The van der Waals surface area contributed by atoms with Crippen molar-refractivity contribution >= 4 is 11.0 Å². The fraction of sp³-hybridized carbons (Fsp3) is 0.500. The summed E-state index contributed by atoms with van der Waals surface area (Å²) in [6.07, 6.45) is 3.01. The van der Waals surface area contributed by atoms with Crippen LogP contribution in [0.4, 0.5) is 0 Å². The van der Waals surface area contributed by atoms with E-state index in [1.165, 1.54) is 0 Å². The van der Waals surface area contributed by atoms with Crippen molar-refractivity contribution in [3.05, 3.63) is 28.7 Å². The number of aromatic nitrogens is 2. The van der Waals surface area contributed by atoms with Gasteiger partial charge in [-0.2, -0.15) is 0 Å². The molecule has 1 saturated carbocycles. The van der Waals surface area contributed by atoms with Gasteiger partial charge in [0, 0.05) is 12.1 Å². The first-order valence-corrected chi connectivity index (χ1v) is 6.65. The second kappa shape index (κ2) is 4.74. The number of hydrogen-bond donors (Lipinski definition) is 2. The fourth-order valence-electron chi connectivity index (χ4n) is 2.92. The number of nitrogens with one attached hydrogen (secondary N) is 1. The molecular formula is C14H18N2O3. The second-order valence-electron chi connectivity index (χ2n) is 5.15. The molecule has 0 aliphatic heterocycles. The molecule has 2 N–H and O–H groups in total. The summed E-state index contributed by atoms with van der Waals surface area (Å²) in [4.78, 5) is 15.0. The van der Waals surface area contributed by atoms with E-state index >= 15 is 0 Å². The van der Waals surface area contributed by atoms with Crippen LogP contribution in [0.25, 0.3) is 11.0 Å². The summed E-state index contributed by atoms with van der Waals surface area (Å²) in [5.41, 5.74) is 1.63. The highest BCUT2D eigenvalue weighted by molar-refractivity contribution is 5.77. The lowest BCUT2D eigenvalue weighted by Crippen LogP contribution is -2.27. The SMILES string of the molecule is COc1ccc2c(c1)[nH]c(=O)n2[C@H]1CC[C@H](O)CC1. The highest BCUT2D eigenvalue weighted by Gasteiger charge is 2.23. The molecule has 0 atom stereocenters. The Labute approximate surface area is 110 Å². The smallest absolute Gasteiger partial charge is 0.326 e. The topological polar surface area (TPSA) is 67.2 Å². The molecule has 0 bridgehead atoms. The van der Waals surface area contributed by atoms with Crippen LogP contribution >= 0.6 is 0 Å². The van der Waals surface area contributed by atoms with Gasteiger partial charge in [-0.05, 0) is 37.8 Å². The number of ether oxygens (including phenoxy) is 1. The predicted molar refractivity (Wildman–Crippen MR) is 72.6 cm³/mol. The van der Waals surface area contributed by atoms with Crippen LogP contribution in [0, 0.1) is 0 Å². The Hall–Kier alpha value is -1.75. The number of nitrogens with zero attached hydrogens (tertiary/aromatic N) is 1. The number of hydrogen-bond acceptors (Lipinski definition) is 3. The van der Waals surface area contributed by atoms with Crippen LogP contribution in [0.3, 0.4) is 0 Å². The van der Waals surface area contributed by atoms with Gasteiger partial charge < -0.3 is 14.8 Å². The van der Waals surface area contributed by atoms with Gasteiger partial charge in [-0.3, -0.25) is 4.57 Å². The molecule has 102 valence electrons. The van der Waals surface area contributed by atoms with Gasteiger partial charge in [0.1, 0.15) is 5.75 Å². The van der Waals surface area contributed by atoms with Gasteiger partial charge in [0.15, 0.2) is 0 Å². The zero-order chi connectivity index (χ0) is 13.4. The van der Waals surface area contributed by atoms with Crippen LogP contribution in [0.15, 0.2) is 23.0 Å². The molecule has 1 aromatic heterocycles. The van der Waals surface area contributed by atoms with Gasteiger partial charge in [-0.15, -0.1) is 0 Å². The molecule has 1 aliphatic carbocycles. The van der Waals surface area contributed by atoms with E-state index in [0.29, 0.717) is 0 Å². The minimum Gasteiger partial charge on any atom is -0.497 e. The molecule has 0 radical (unpaired) electrons. The van der Waals surface area contributed by atoms with Crippen molar-refractivity contribution in [1.29, 1.82) is 0 Å². The van der Waals surface area contributed by atoms with Gasteiger partial charge in [0.2, 0.25) is 0 Å². The van der Waals surface area contributed by atoms with Crippen molar-refractivity contribution in [2.45, 2.75) is 37.8 Å². The van der Waals surface area contributed by atoms with Crippen molar-refractivity contribution < 1.29 is 9.84 Å². The minimum absolute atomic E-state index is 0.0790. The van der Waals surface area contributed by atoms with Crippen LogP contribution in [0.1, 0.15) is 31.7 Å². The lowest BCUT2D eigenvalue weighted by Gasteiger charge is -2.26. The summed E-state index contributed by atoms with van der Waals surface area (Å²) in [5, 5.41) is 9.56. The van der Waals surface area contributed by atoms with E-state index in [1.54, 1.807) is 7.11 Å². The Bertz CT molecular complexity index is 636. The fourth-order valence-corrected chi connectivity index (χ4v) is 2.92. The first-order chi connectivity index (χ1) is 9.19. The number of methoxy groups -OCH3 is 1. The molecule has 0 amide bonds. The average molecular weight is 262 g/mol. The third kappa shape index (κ3) is 2.14. The zero-order valence-corrected chi connectivity index (χ0v) is 10.9. The highest BCUT2D eigenvalue weighted by Crippen LogP contribution is 2.30. The normalized spacial score (nSPS) is 23.7. The minimum atomic E-state index is -0.211. The van der Waals surface area contributed by atoms with E-state index in [4.69, 9.17) is 4.74 Å². The van der Waals surface area contributed by atoms with Crippen molar-refractivity contribution in [2.24, 2.45) is 0 Å². The summed E-state index contributed by atoms with van der Waals surface area (Å²) in [6.45, 7) is 0. The van der Waals surface area contributed by atoms with Crippen LogP contribution in [-0.2, 0) is 0 Å². The summed E-state index contributed by atoms with van der Waals surface area (Å²) >= 11 is 0. The van der Waals surface area contributed by atoms with E-state index in [2.05, 4.69) is 4.98 Å². The molecule has 1 aliphatic rings. The maximum Gasteiger partial charge on any atom is 0.326 e. The third-order valence-corrected chi connectivity index (χ3v) is 3.96. The van der Waals surface area contributed by atoms with Crippen molar-refractivity contribution in [2.75, 3.05) is 7.11 Å². The molecule has 0 spiro atoms. The molecule has 0 saturated heterocycles. The predicted octanol–water partition coefficient (Wildman–Crippen LogP) is 1.81. The van der Waals surface area contributed by atoms with Gasteiger partial charge >= 0.3 is 5.69 Å². The van der Waals surface area contributed by atoms with E-state index in [9.17, 15) is 9.90 Å². The molecule has 1 heterocycles. The van der Waals surface area contributed by atoms with Crippen LogP contribution in [0.5, 0.6) is 5.75 Å². The van der Waals surface area contributed by atoms with E-state index in [1.807, 2.05) is 22.8 Å². The van der Waals surface area contributed by atoms with Crippen LogP contribution < -0.4 is 10.4 Å². The van der Waals surface area contributed by atoms with Crippen molar-refractivity contribution in [1.82, 2.24) is 9.55 Å². The molecule has 0 unspecified atom stereocenters. The largest absolute Gasteiger partial charge is 0.497 e. The molecule has 3 rings (SSSR count). The van der Waals surface area contributed by atoms with Crippen LogP contribution in [0.2, 0.25) is 0 Å². The molecule has 19 heavy (non-hydrogen) atoms. The number of rotatable bonds is 2. The summed E-state index contributed by atoms with van der Waals surface area (Å²) in [6, 6.07) is 5.80. The van der Waals surface area contributed by atoms with E-state index in [0.717, 1.165) is 42.5 Å². The number of H-pyrrole nitrogens is 1. The first kappa shape index (κ1) is 12.3. The molecule has 5 heteroatoms. The average Bonchev–Trinajstić information content (AvgIpc) is 2.74. The maximum absolute atomic E-state index is 12.1. The van der Waals surface area contributed by atoms with Gasteiger partial charge in [0.05, 0.1) is 24.2 Å². The lowest BCUT2D eigenvalue weighted by atomic mass is 9.93. The Balaban J connectivity index is 2.03. The number of fused-ring (bicyclic) bond motifs is 1. The summed E-state index contributed by atoms with van der Waals surface area (Å²) in [7, 11) is 1.61. The van der Waals surface area contributed by atoms with E-state index < -0.39 is 0 Å². The standard InChI is InChI=1S/C14H18N2O3/c1-19-11-6-7-13-12(8-11)15-14(18)16(13)9-2-4-10(17)5-3-9/h6-10,17H,2-5H2,1H3,(H,15,18)/t9-,10-. The van der Waals surface area contributed by atoms with Crippen LogP contribution in [-0.4, -0.2) is 27.9 Å². The Morgan fingerprint density at radius 1 is 1.32 bits per heavy atom. The number of aliphatic hydroxyl groups is 1. The number of benzene rings is 1. The maximum atomic E-state index is 12.1. The molecule has 1 fully saturated rings. The molecule has 2 aromatic rings. The Morgan fingerprint density at radius 2 is 2.05 bits per heavy atom. The summed E-state index contributed by atoms with van der Waals surface area (Å²) in [5.74, 6) is 0.736. The van der Waals surface area contributed by atoms with Crippen molar-refractivity contribution in [3.8, 4) is 5.75 Å². The monoisotopic (exact) mass is 262 g/mol. The number of aromatic amines is 1. The Morgan fingerprint density at radius 3 is 2.74 bits per heavy atom. The number of imidazole rings is 1. The first-order valence-electron chi connectivity index (χ1n) is 6.65. The quantitative estimate of drug-likeness (QED) is 0.867. The Kier molecular flexibility index (Phi) is 3.06.